The van der Waals surface area contributed by atoms with Gasteiger partial charge in [0.1, 0.15) is 6.61 Å². The first-order chi connectivity index (χ1) is 10.5. The number of alkyl halides is 3. The molecule has 0 saturated heterocycles. The molecule has 0 aliphatic carbocycles. The van der Waals surface area contributed by atoms with Gasteiger partial charge >= 0.3 is 23.3 Å². The van der Waals surface area contributed by atoms with Crippen molar-refractivity contribution in [1.29, 1.82) is 0 Å². The molecule has 1 heterocycles. The van der Waals surface area contributed by atoms with Crippen molar-refractivity contribution in [2.75, 3.05) is 6.61 Å². The second-order valence-electron chi connectivity index (χ2n) is 4.65. The van der Waals surface area contributed by atoms with Crippen LogP contribution in [-0.2, 0) is 33.3 Å². The molecule has 0 amide bonds. The van der Waals surface area contributed by atoms with Crippen molar-refractivity contribution in [3.63, 3.8) is 0 Å². The molecule has 23 heavy (non-hydrogen) atoms. The molecule has 1 rings (SSSR count). The predicted octanol–water partition coefficient (Wildman–Crippen LogP) is 1.53. The fraction of sp³-hybridized carbons (Fsp3) is 0.615. The summed E-state index contributed by atoms with van der Waals surface area (Å²) in [4.78, 5) is 33.3. The summed E-state index contributed by atoms with van der Waals surface area (Å²) in [5, 5.41) is -3.90. The molecule has 1 aliphatic rings. The molecule has 7 nitrogen and oxygen atoms in total. The van der Waals surface area contributed by atoms with Crippen molar-refractivity contribution in [2.24, 2.45) is 0 Å². The van der Waals surface area contributed by atoms with Gasteiger partial charge in [-0.25, -0.2) is 0 Å². The standard InChI is InChI=1S/C13H15ClF2O7/c1-6(17)20-5-10-12(23-8(3)19)11(22-7(2)18)9(4-21-10)13(14,15)16/h4,10-12H,5H2,1-3H3/t10-,11-,12-/m1/s1. The molecular formula is C13H15ClF2O7. The van der Waals surface area contributed by atoms with E-state index < -0.39 is 53.8 Å². The molecule has 1 aliphatic heterocycles. The van der Waals surface area contributed by atoms with Gasteiger partial charge in [-0.1, -0.05) is 0 Å². The van der Waals surface area contributed by atoms with E-state index in [9.17, 15) is 23.2 Å². The minimum atomic E-state index is -3.90. The van der Waals surface area contributed by atoms with Crippen molar-refractivity contribution in [2.45, 2.75) is 44.5 Å². The summed E-state index contributed by atoms with van der Waals surface area (Å²) in [6, 6.07) is 0. The third-order valence-corrected chi connectivity index (χ3v) is 2.93. The minimum absolute atomic E-state index is 0.400. The van der Waals surface area contributed by atoms with E-state index in [4.69, 9.17) is 30.5 Å². The number of carbonyl (C=O) groups is 3. The van der Waals surface area contributed by atoms with Crippen molar-refractivity contribution < 1.29 is 42.1 Å². The van der Waals surface area contributed by atoms with Gasteiger partial charge in [0, 0.05) is 20.8 Å². The second-order valence-corrected chi connectivity index (χ2v) is 5.13. The van der Waals surface area contributed by atoms with E-state index in [0.717, 1.165) is 20.8 Å². The van der Waals surface area contributed by atoms with Crippen LogP contribution in [0, 0.1) is 0 Å². The molecule has 0 saturated carbocycles. The van der Waals surface area contributed by atoms with Crippen LogP contribution in [0.15, 0.2) is 11.8 Å². The number of hydrogen-bond donors (Lipinski definition) is 0. The molecule has 10 heteroatoms. The second kappa shape index (κ2) is 7.58. The van der Waals surface area contributed by atoms with Crippen LogP contribution in [0.5, 0.6) is 0 Å². The topological polar surface area (TPSA) is 88.1 Å². The summed E-state index contributed by atoms with van der Waals surface area (Å²) in [5.74, 6) is -2.38. The van der Waals surface area contributed by atoms with Gasteiger partial charge < -0.3 is 18.9 Å². The van der Waals surface area contributed by atoms with Crippen LogP contribution in [0.3, 0.4) is 0 Å². The van der Waals surface area contributed by atoms with Gasteiger partial charge in [-0.2, -0.15) is 8.78 Å². The van der Waals surface area contributed by atoms with E-state index in [1.54, 1.807) is 0 Å². The quantitative estimate of drug-likeness (QED) is 0.419. The van der Waals surface area contributed by atoms with Crippen molar-refractivity contribution >= 4 is 29.5 Å². The number of carbonyl (C=O) groups excluding carboxylic acids is 3. The first-order valence-corrected chi connectivity index (χ1v) is 6.80. The lowest BCUT2D eigenvalue weighted by Crippen LogP contribution is -2.51. The molecule has 0 unspecified atom stereocenters. The molecule has 0 aromatic carbocycles. The van der Waals surface area contributed by atoms with Crippen molar-refractivity contribution in [1.82, 2.24) is 0 Å². The van der Waals surface area contributed by atoms with Crippen LogP contribution in [0.2, 0.25) is 0 Å². The Morgan fingerprint density at radius 2 is 1.74 bits per heavy atom. The summed E-state index contributed by atoms with van der Waals surface area (Å²) in [5.41, 5.74) is -0.889. The van der Waals surface area contributed by atoms with Crippen LogP contribution in [0.1, 0.15) is 20.8 Å². The van der Waals surface area contributed by atoms with Crippen LogP contribution >= 0.6 is 11.6 Å². The zero-order valence-electron chi connectivity index (χ0n) is 12.5. The Morgan fingerprint density at radius 3 is 2.17 bits per heavy atom. The fourth-order valence-electron chi connectivity index (χ4n) is 1.88. The van der Waals surface area contributed by atoms with E-state index in [1.807, 2.05) is 0 Å². The molecule has 0 N–H and O–H groups in total. The lowest BCUT2D eigenvalue weighted by Gasteiger charge is -2.37. The minimum Gasteiger partial charge on any atom is -0.490 e. The molecule has 0 aromatic heterocycles. The third kappa shape index (κ3) is 5.66. The molecule has 0 bridgehead atoms. The molecule has 130 valence electrons. The van der Waals surface area contributed by atoms with E-state index in [1.165, 1.54) is 0 Å². The van der Waals surface area contributed by atoms with Gasteiger partial charge in [0.2, 0.25) is 0 Å². The van der Waals surface area contributed by atoms with Gasteiger partial charge in [0.25, 0.3) is 0 Å². The molecule has 0 spiro atoms. The van der Waals surface area contributed by atoms with Crippen molar-refractivity contribution in [3.8, 4) is 0 Å². The maximum Gasteiger partial charge on any atom is 0.351 e. The highest BCUT2D eigenvalue weighted by molar-refractivity contribution is 6.23. The Kier molecular flexibility index (Phi) is 6.31. The van der Waals surface area contributed by atoms with E-state index in [2.05, 4.69) is 0 Å². The Bertz CT molecular complexity index is 515. The summed E-state index contributed by atoms with van der Waals surface area (Å²) in [6.45, 7) is 2.75. The number of ether oxygens (including phenoxy) is 4. The normalized spacial score (nSPS) is 24.1. The summed E-state index contributed by atoms with van der Waals surface area (Å²) >= 11 is 4.97. The zero-order chi connectivity index (χ0) is 17.8. The number of halogens is 3. The third-order valence-electron chi connectivity index (χ3n) is 2.71. The van der Waals surface area contributed by atoms with Crippen molar-refractivity contribution in [3.05, 3.63) is 11.8 Å². The maximum atomic E-state index is 13.5. The van der Waals surface area contributed by atoms with Gasteiger partial charge in [0.15, 0.2) is 18.3 Å². The smallest absolute Gasteiger partial charge is 0.351 e. The Balaban J connectivity index is 3.15. The highest BCUT2D eigenvalue weighted by atomic mass is 35.5. The average molecular weight is 357 g/mol. The lowest BCUT2D eigenvalue weighted by atomic mass is 9.98. The highest BCUT2D eigenvalue weighted by Gasteiger charge is 2.50. The fourth-order valence-corrected chi connectivity index (χ4v) is 2.03. The molecule has 0 fully saturated rings. The van der Waals surface area contributed by atoms with Crippen LogP contribution in [-0.4, -0.2) is 48.2 Å². The summed E-state index contributed by atoms with van der Waals surface area (Å²) < 4.78 is 46.4. The van der Waals surface area contributed by atoms with Crippen LogP contribution in [0.4, 0.5) is 8.78 Å². The van der Waals surface area contributed by atoms with Gasteiger partial charge in [-0.05, 0) is 11.6 Å². The van der Waals surface area contributed by atoms with Crippen LogP contribution in [0.25, 0.3) is 0 Å². The molecule has 3 atom stereocenters. The monoisotopic (exact) mass is 356 g/mol. The molecule has 0 aromatic rings. The lowest BCUT2D eigenvalue weighted by molar-refractivity contribution is -0.183. The van der Waals surface area contributed by atoms with E-state index in [0.29, 0.717) is 6.26 Å². The average Bonchev–Trinajstić information content (AvgIpc) is 2.36. The largest absolute Gasteiger partial charge is 0.490 e. The first-order valence-electron chi connectivity index (χ1n) is 6.43. The SMILES string of the molecule is CC(=O)OC[C@H]1OC=C(C(F)(F)Cl)[C@@H](OC(C)=O)[C@@H]1OC(C)=O. The molecular weight excluding hydrogens is 342 g/mol. The molecule has 0 radical (unpaired) electrons. The predicted molar refractivity (Wildman–Crippen MR) is 71.5 cm³/mol. The van der Waals surface area contributed by atoms with Gasteiger partial charge in [0.05, 0.1) is 11.8 Å². The number of esters is 3. The highest BCUT2D eigenvalue weighted by Crippen LogP contribution is 2.38. The Hall–Kier alpha value is -1.90. The maximum absolute atomic E-state index is 13.5. The Morgan fingerprint density at radius 1 is 1.17 bits per heavy atom. The van der Waals surface area contributed by atoms with Crippen LogP contribution < -0.4 is 0 Å². The number of rotatable bonds is 5. The summed E-state index contributed by atoms with van der Waals surface area (Å²) in [7, 11) is 0. The first kappa shape index (κ1) is 19.1. The number of hydrogen-bond acceptors (Lipinski definition) is 7. The summed E-state index contributed by atoms with van der Waals surface area (Å²) in [6.07, 6.45) is -3.68. The Labute approximate surface area is 135 Å². The van der Waals surface area contributed by atoms with E-state index >= 15 is 0 Å². The van der Waals surface area contributed by atoms with E-state index in [-0.39, 0.29) is 0 Å². The van der Waals surface area contributed by atoms with Gasteiger partial charge in [-0.15, -0.1) is 0 Å². The van der Waals surface area contributed by atoms with Gasteiger partial charge in [-0.3, -0.25) is 14.4 Å². The zero-order valence-corrected chi connectivity index (χ0v) is 13.3.